The number of para-hydroxylation sites is 1. The van der Waals surface area contributed by atoms with Crippen molar-refractivity contribution >= 4 is 62.0 Å². The number of allylic oxidation sites excluding steroid dienone is 9. The number of hydrogen-bond donors (Lipinski definition) is 0. The van der Waals surface area contributed by atoms with Crippen molar-refractivity contribution in [2.45, 2.75) is 103 Å². The fourth-order valence-electron chi connectivity index (χ4n) is 11.2. The molecule has 0 amide bonds. The standard InChI is InChI=1S/C66H64N2/c1-65(2,3)51-29-33-55(34-30-51)67(53-21-9-7-10-22-53)57-37-39-59-61(43-57)63(49-27-25-45-17-13-15-19-47(45)41-49)60-40-38-58(44-62(60)64(59)50-28-26-46-18-14-16-20-48(46)42-50)68(54-23-11-8-12-24-54)56-35-31-52(32-36-56)66(4,5)6/h7,9-11,13-15,17-19,21-25,27,29-37,39-44,58H,8,12,16,20,26,28,38H2,1-6H3. The zero-order valence-electron chi connectivity index (χ0n) is 40.8. The van der Waals surface area contributed by atoms with Crippen LogP contribution in [-0.4, -0.2) is 6.04 Å². The molecule has 0 radical (unpaired) electrons. The van der Waals surface area contributed by atoms with Crippen molar-refractivity contribution in [1.29, 1.82) is 0 Å². The topological polar surface area (TPSA) is 6.48 Å². The second-order valence-electron chi connectivity index (χ2n) is 21.4. The molecule has 0 aliphatic heterocycles. The number of hydrogen-bond acceptors (Lipinski definition) is 2. The van der Waals surface area contributed by atoms with Crippen LogP contribution in [0.3, 0.4) is 0 Å². The predicted octanol–water partition coefficient (Wildman–Crippen LogP) is 16.6. The SMILES string of the molecule is CC(C)(C)c1ccc(N(c2ccccc2)c2ccc3c(C4=CC5=C(C=CCC5)CC4)c4c(c(-c5ccc6ccccc6c5)c3c2)=CCC(N(C2=CCCC=C2)c2ccc(C(C)(C)C)cc2)C=4)cc1. The van der Waals surface area contributed by atoms with E-state index in [2.05, 4.69) is 239 Å². The van der Waals surface area contributed by atoms with Gasteiger partial charge in [0, 0.05) is 28.4 Å². The van der Waals surface area contributed by atoms with Crippen LogP contribution in [0.5, 0.6) is 0 Å². The van der Waals surface area contributed by atoms with Gasteiger partial charge in [0.1, 0.15) is 0 Å². The molecule has 338 valence electrons. The normalized spacial score (nSPS) is 16.9. The van der Waals surface area contributed by atoms with Gasteiger partial charge < -0.3 is 9.80 Å². The summed E-state index contributed by atoms with van der Waals surface area (Å²) in [6, 6.07) is 53.0. The summed E-state index contributed by atoms with van der Waals surface area (Å²) in [6.07, 6.45) is 27.1. The monoisotopic (exact) mass is 885 g/mol. The summed E-state index contributed by atoms with van der Waals surface area (Å²) in [7, 11) is 0. The maximum Gasteiger partial charge on any atom is 0.0566 e. The van der Waals surface area contributed by atoms with Crippen LogP contribution in [0.25, 0.3) is 50.4 Å². The molecule has 11 rings (SSSR count). The van der Waals surface area contributed by atoms with E-state index in [4.69, 9.17) is 0 Å². The third kappa shape index (κ3) is 8.29. The molecule has 0 aromatic heterocycles. The van der Waals surface area contributed by atoms with E-state index in [0.717, 1.165) is 62.0 Å². The summed E-state index contributed by atoms with van der Waals surface area (Å²) < 4.78 is 0. The highest BCUT2D eigenvalue weighted by atomic mass is 15.2. The van der Waals surface area contributed by atoms with Crippen molar-refractivity contribution in [3.63, 3.8) is 0 Å². The predicted molar refractivity (Wildman–Crippen MR) is 294 cm³/mol. The minimum atomic E-state index is 0.0618. The fourth-order valence-corrected chi connectivity index (χ4v) is 11.2. The number of rotatable bonds is 8. The molecule has 2 heteroatoms. The van der Waals surface area contributed by atoms with Gasteiger partial charge >= 0.3 is 0 Å². The molecule has 2 nitrogen and oxygen atoms in total. The molecule has 0 saturated carbocycles. The Hall–Kier alpha value is -6.90. The van der Waals surface area contributed by atoms with E-state index in [1.807, 2.05) is 0 Å². The summed E-state index contributed by atoms with van der Waals surface area (Å²) in [6.45, 7) is 13.8. The second kappa shape index (κ2) is 17.6. The summed E-state index contributed by atoms with van der Waals surface area (Å²) in [5.74, 6) is 0. The lowest BCUT2D eigenvalue weighted by Gasteiger charge is -2.35. The Bertz CT molecular complexity index is 3360. The molecule has 1 unspecified atom stereocenters. The van der Waals surface area contributed by atoms with E-state index < -0.39 is 0 Å². The number of nitrogens with zero attached hydrogens (tertiary/aromatic N) is 2. The van der Waals surface area contributed by atoms with Gasteiger partial charge in [-0.25, -0.2) is 0 Å². The average Bonchev–Trinajstić information content (AvgIpc) is 3.36. The first-order chi connectivity index (χ1) is 33.0. The van der Waals surface area contributed by atoms with E-state index in [-0.39, 0.29) is 16.9 Å². The maximum atomic E-state index is 2.65. The van der Waals surface area contributed by atoms with E-state index in [9.17, 15) is 0 Å². The highest BCUT2D eigenvalue weighted by Gasteiger charge is 2.28. The molecule has 4 aliphatic carbocycles. The van der Waals surface area contributed by atoms with Crippen molar-refractivity contribution in [2.24, 2.45) is 0 Å². The number of fused-ring (bicyclic) bond motifs is 3. The lowest BCUT2D eigenvalue weighted by atomic mass is 9.79. The van der Waals surface area contributed by atoms with E-state index in [1.165, 1.54) is 87.9 Å². The molecule has 0 fully saturated rings. The van der Waals surface area contributed by atoms with Crippen LogP contribution in [0.2, 0.25) is 0 Å². The molecule has 7 aromatic rings. The third-order valence-electron chi connectivity index (χ3n) is 14.8. The van der Waals surface area contributed by atoms with Gasteiger partial charge in [0.05, 0.1) is 6.04 Å². The zero-order chi connectivity index (χ0) is 46.6. The summed E-state index contributed by atoms with van der Waals surface area (Å²) in [4.78, 5) is 5.07. The first-order valence-corrected chi connectivity index (χ1v) is 25.1. The van der Waals surface area contributed by atoms with Gasteiger partial charge in [0.2, 0.25) is 0 Å². The van der Waals surface area contributed by atoms with Gasteiger partial charge in [0.15, 0.2) is 0 Å². The highest BCUT2D eigenvalue weighted by Crippen LogP contribution is 2.43. The summed E-state index contributed by atoms with van der Waals surface area (Å²) in [5.41, 5.74) is 17.2. The van der Waals surface area contributed by atoms with Crippen LogP contribution in [-0.2, 0) is 10.8 Å². The van der Waals surface area contributed by atoms with Gasteiger partial charge in [0.25, 0.3) is 0 Å². The summed E-state index contributed by atoms with van der Waals surface area (Å²) in [5, 5.41) is 7.83. The first-order valence-electron chi connectivity index (χ1n) is 25.1. The Morgan fingerprint density at radius 2 is 1.16 bits per heavy atom. The van der Waals surface area contributed by atoms with Crippen molar-refractivity contribution in [3.8, 4) is 11.1 Å². The Labute approximate surface area is 404 Å². The largest absolute Gasteiger partial charge is 0.334 e. The van der Waals surface area contributed by atoms with E-state index >= 15 is 0 Å². The van der Waals surface area contributed by atoms with E-state index in [1.54, 1.807) is 0 Å². The van der Waals surface area contributed by atoms with Gasteiger partial charge in [-0.15, -0.1) is 0 Å². The first kappa shape index (κ1) is 43.7. The van der Waals surface area contributed by atoms with Crippen LogP contribution in [0, 0.1) is 0 Å². The van der Waals surface area contributed by atoms with Crippen molar-refractivity contribution in [1.82, 2.24) is 0 Å². The molecule has 0 N–H and O–H groups in total. The summed E-state index contributed by atoms with van der Waals surface area (Å²) >= 11 is 0. The van der Waals surface area contributed by atoms with E-state index in [0.29, 0.717) is 0 Å². The Kier molecular flexibility index (Phi) is 11.3. The fraction of sp³-hybridized carbons (Fsp3) is 0.242. The number of anilines is 4. The molecule has 1 atom stereocenters. The lowest BCUT2D eigenvalue weighted by Crippen LogP contribution is -2.42. The molecular formula is C66H64N2. The third-order valence-corrected chi connectivity index (χ3v) is 14.8. The van der Waals surface area contributed by atoms with Crippen molar-refractivity contribution < 1.29 is 0 Å². The van der Waals surface area contributed by atoms with Crippen LogP contribution in [0.1, 0.15) is 103 Å². The highest BCUT2D eigenvalue weighted by molar-refractivity contribution is 6.07. The minimum absolute atomic E-state index is 0.0618. The second-order valence-corrected chi connectivity index (χ2v) is 21.4. The molecule has 4 aliphatic rings. The smallest absolute Gasteiger partial charge is 0.0566 e. The van der Waals surface area contributed by atoms with Crippen LogP contribution < -0.4 is 20.2 Å². The lowest BCUT2D eigenvalue weighted by molar-refractivity contribution is 0.590. The maximum absolute atomic E-state index is 2.65. The molecule has 0 saturated heterocycles. The molecule has 68 heavy (non-hydrogen) atoms. The Morgan fingerprint density at radius 3 is 1.88 bits per heavy atom. The molecular weight excluding hydrogens is 821 g/mol. The quantitative estimate of drug-likeness (QED) is 0.150. The number of benzene rings is 7. The average molecular weight is 885 g/mol. The van der Waals surface area contributed by atoms with Crippen LogP contribution in [0.4, 0.5) is 22.7 Å². The van der Waals surface area contributed by atoms with Gasteiger partial charge in [-0.2, -0.15) is 0 Å². The Morgan fingerprint density at radius 1 is 0.485 bits per heavy atom. The van der Waals surface area contributed by atoms with Crippen molar-refractivity contribution in [2.75, 3.05) is 9.80 Å². The van der Waals surface area contributed by atoms with Crippen LogP contribution >= 0.6 is 0 Å². The zero-order valence-corrected chi connectivity index (χ0v) is 40.8. The minimum Gasteiger partial charge on any atom is -0.334 e. The van der Waals surface area contributed by atoms with Gasteiger partial charge in [-0.3, -0.25) is 0 Å². The molecule has 7 aromatic carbocycles. The molecule has 0 spiro atoms. The van der Waals surface area contributed by atoms with Gasteiger partial charge in [-0.05, 0) is 193 Å². The molecule has 0 heterocycles. The van der Waals surface area contributed by atoms with Gasteiger partial charge in [-0.1, -0.05) is 169 Å². The molecule has 0 bridgehead atoms. The Balaban J connectivity index is 1.20. The van der Waals surface area contributed by atoms with Crippen LogP contribution in [0.15, 0.2) is 193 Å². The van der Waals surface area contributed by atoms with Crippen molar-refractivity contribution in [3.05, 3.63) is 220 Å².